The van der Waals surface area contributed by atoms with Gasteiger partial charge in [-0.05, 0) is 31.5 Å². The molecule has 0 fully saturated rings. The fourth-order valence-electron chi connectivity index (χ4n) is 1.81. The van der Waals surface area contributed by atoms with Gasteiger partial charge in [0.2, 0.25) is 0 Å². The molecule has 1 heterocycles. The van der Waals surface area contributed by atoms with Gasteiger partial charge in [0.05, 0.1) is 17.3 Å². The summed E-state index contributed by atoms with van der Waals surface area (Å²) in [6.07, 6.45) is 1.19. The van der Waals surface area contributed by atoms with Crippen LogP contribution in [0.5, 0.6) is 5.75 Å². The number of nitrogens with one attached hydrogen (secondary N) is 1. The Kier molecular flexibility index (Phi) is 5.36. The highest BCUT2D eigenvalue weighted by atomic mass is 32.1. The largest absolute Gasteiger partial charge is 0.491 e. The van der Waals surface area contributed by atoms with E-state index in [1.807, 2.05) is 31.5 Å². The van der Waals surface area contributed by atoms with Crippen molar-refractivity contribution < 1.29 is 4.74 Å². The van der Waals surface area contributed by atoms with E-state index < -0.39 is 0 Å². The average Bonchev–Trinajstić information content (AvgIpc) is 2.87. The molecule has 0 bridgehead atoms. The summed E-state index contributed by atoms with van der Waals surface area (Å²) in [7, 11) is 0. The minimum atomic E-state index is 0.216. The van der Waals surface area contributed by atoms with Crippen molar-refractivity contribution in [2.24, 2.45) is 0 Å². The molecule has 0 radical (unpaired) electrons. The second-order valence-corrected chi connectivity index (χ2v) is 5.44. The Morgan fingerprint density at radius 2 is 2.26 bits per heavy atom. The van der Waals surface area contributed by atoms with Crippen molar-refractivity contribution in [3.05, 3.63) is 46.4 Å². The fourth-order valence-corrected chi connectivity index (χ4v) is 2.40. The van der Waals surface area contributed by atoms with Crippen LogP contribution in [0.2, 0.25) is 0 Å². The molecule has 3 nitrogen and oxygen atoms in total. The van der Waals surface area contributed by atoms with Crippen LogP contribution in [-0.2, 0) is 13.0 Å². The van der Waals surface area contributed by atoms with Crippen molar-refractivity contribution in [3.8, 4) is 5.75 Å². The predicted molar refractivity (Wildman–Crippen MR) is 79.7 cm³/mol. The first kappa shape index (κ1) is 14.0. The number of aromatic nitrogens is 1. The molecule has 0 saturated heterocycles. The molecule has 0 amide bonds. The first-order valence-corrected chi connectivity index (χ1v) is 7.51. The highest BCUT2D eigenvalue weighted by Crippen LogP contribution is 2.14. The van der Waals surface area contributed by atoms with Crippen LogP contribution >= 0.6 is 11.3 Å². The maximum Gasteiger partial charge on any atom is 0.120 e. The van der Waals surface area contributed by atoms with Gasteiger partial charge in [0.15, 0.2) is 0 Å². The SMILES string of the molecule is CC(C)Oc1cccc(CNCCc2cscn2)c1. The topological polar surface area (TPSA) is 34.1 Å². The molecule has 0 spiro atoms. The second kappa shape index (κ2) is 7.26. The monoisotopic (exact) mass is 276 g/mol. The fraction of sp³-hybridized carbons (Fsp3) is 0.400. The lowest BCUT2D eigenvalue weighted by atomic mass is 10.2. The molecule has 0 atom stereocenters. The van der Waals surface area contributed by atoms with Gasteiger partial charge in [-0.15, -0.1) is 11.3 Å². The zero-order valence-electron chi connectivity index (χ0n) is 11.4. The molecule has 0 aliphatic heterocycles. The van der Waals surface area contributed by atoms with Crippen LogP contribution < -0.4 is 10.1 Å². The summed E-state index contributed by atoms with van der Waals surface area (Å²) in [5, 5.41) is 5.53. The van der Waals surface area contributed by atoms with Gasteiger partial charge in [-0.2, -0.15) is 0 Å². The van der Waals surface area contributed by atoms with Crippen LogP contribution in [0.15, 0.2) is 35.2 Å². The Morgan fingerprint density at radius 1 is 1.37 bits per heavy atom. The molecule has 102 valence electrons. The predicted octanol–water partition coefficient (Wildman–Crippen LogP) is 3.26. The molecule has 2 rings (SSSR count). The zero-order chi connectivity index (χ0) is 13.5. The van der Waals surface area contributed by atoms with E-state index in [2.05, 4.69) is 27.8 Å². The van der Waals surface area contributed by atoms with Gasteiger partial charge in [-0.1, -0.05) is 12.1 Å². The van der Waals surface area contributed by atoms with Crippen LogP contribution in [0.4, 0.5) is 0 Å². The smallest absolute Gasteiger partial charge is 0.120 e. The van der Waals surface area contributed by atoms with Crippen molar-refractivity contribution in [2.45, 2.75) is 32.9 Å². The minimum Gasteiger partial charge on any atom is -0.491 e. The zero-order valence-corrected chi connectivity index (χ0v) is 12.2. The first-order valence-electron chi connectivity index (χ1n) is 6.57. The summed E-state index contributed by atoms with van der Waals surface area (Å²) in [6.45, 7) is 5.88. The summed E-state index contributed by atoms with van der Waals surface area (Å²) in [5.41, 5.74) is 4.29. The van der Waals surface area contributed by atoms with Crippen LogP contribution in [0, 0.1) is 0 Å². The van der Waals surface area contributed by atoms with Gasteiger partial charge in [0, 0.05) is 24.9 Å². The van der Waals surface area contributed by atoms with Gasteiger partial charge >= 0.3 is 0 Å². The second-order valence-electron chi connectivity index (χ2n) is 4.72. The molecule has 0 aliphatic rings. The highest BCUT2D eigenvalue weighted by Gasteiger charge is 2.00. The Morgan fingerprint density at radius 3 is 3.00 bits per heavy atom. The molecule has 0 aliphatic carbocycles. The lowest BCUT2D eigenvalue weighted by Crippen LogP contribution is -2.17. The summed E-state index contributed by atoms with van der Waals surface area (Å²) in [4.78, 5) is 4.27. The van der Waals surface area contributed by atoms with E-state index >= 15 is 0 Å². The third-order valence-corrected chi connectivity index (χ3v) is 3.28. The first-order chi connectivity index (χ1) is 9.24. The number of thiazole rings is 1. The summed E-state index contributed by atoms with van der Waals surface area (Å²) in [6, 6.07) is 8.24. The lowest BCUT2D eigenvalue weighted by Gasteiger charge is -2.11. The average molecular weight is 276 g/mol. The molecule has 1 N–H and O–H groups in total. The van der Waals surface area contributed by atoms with Crippen molar-refractivity contribution in [1.82, 2.24) is 10.3 Å². The molecule has 0 saturated carbocycles. The third-order valence-electron chi connectivity index (χ3n) is 2.64. The van der Waals surface area contributed by atoms with Gasteiger partial charge in [-0.25, -0.2) is 4.98 Å². The van der Waals surface area contributed by atoms with Crippen molar-refractivity contribution >= 4 is 11.3 Å². The molecule has 19 heavy (non-hydrogen) atoms. The van der Waals surface area contributed by atoms with Crippen molar-refractivity contribution in [2.75, 3.05) is 6.54 Å². The van der Waals surface area contributed by atoms with Crippen molar-refractivity contribution in [3.63, 3.8) is 0 Å². The molecule has 0 unspecified atom stereocenters. The molecule has 4 heteroatoms. The summed E-state index contributed by atoms with van der Waals surface area (Å²) >= 11 is 1.65. The van der Waals surface area contributed by atoms with Crippen molar-refractivity contribution in [1.29, 1.82) is 0 Å². The van der Waals surface area contributed by atoms with Crippen LogP contribution in [0.1, 0.15) is 25.1 Å². The van der Waals surface area contributed by atoms with Crippen LogP contribution in [0.3, 0.4) is 0 Å². The van der Waals surface area contributed by atoms with Gasteiger partial charge in [0.1, 0.15) is 5.75 Å². The van der Waals surface area contributed by atoms with Crippen LogP contribution in [-0.4, -0.2) is 17.6 Å². The Labute approximate surface area is 118 Å². The molecule has 1 aromatic carbocycles. The van der Waals surface area contributed by atoms with Gasteiger partial charge in [-0.3, -0.25) is 0 Å². The Hall–Kier alpha value is -1.39. The van der Waals surface area contributed by atoms with E-state index in [1.165, 1.54) is 5.56 Å². The number of hydrogen-bond acceptors (Lipinski definition) is 4. The third kappa shape index (κ3) is 5.01. The Bertz CT molecular complexity index is 483. The number of nitrogens with zero attached hydrogens (tertiary/aromatic N) is 1. The van der Waals surface area contributed by atoms with Gasteiger partial charge in [0.25, 0.3) is 0 Å². The van der Waals surface area contributed by atoms with Gasteiger partial charge < -0.3 is 10.1 Å². The number of ether oxygens (including phenoxy) is 1. The Balaban J connectivity index is 1.76. The maximum absolute atomic E-state index is 5.68. The molecule has 1 aromatic heterocycles. The number of benzene rings is 1. The quantitative estimate of drug-likeness (QED) is 0.788. The minimum absolute atomic E-state index is 0.216. The van der Waals surface area contributed by atoms with E-state index in [4.69, 9.17) is 4.74 Å². The maximum atomic E-state index is 5.68. The van der Waals surface area contributed by atoms with Crippen LogP contribution in [0.25, 0.3) is 0 Å². The molecular weight excluding hydrogens is 256 g/mol. The van der Waals surface area contributed by atoms with E-state index in [-0.39, 0.29) is 6.10 Å². The van der Waals surface area contributed by atoms with E-state index in [0.29, 0.717) is 0 Å². The summed E-state index contributed by atoms with van der Waals surface area (Å²) < 4.78 is 5.68. The van der Waals surface area contributed by atoms with E-state index in [0.717, 1.165) is 31.0 Å². The van der Waals surface area contributed by atoms with E-state index in [9.17, 15) is 0 Å². The lowest BCUT2D eigenvalue weighted by molar-refractivity contribution is 0.242. The normalized spacial score (nSPS) is 10.9. The van der Waals surface area contributed by atoms with E-state index in [1.54, 1.807) is 11.3 Å². The number of hydrogen-bond donors (Lipinski definition) is 1. The highest BCUT2D eigenvalue weighted by molar-refractivity contribution is 7.07. The standard InChI is InChI=1S/C15H20N2OS/c1-12(2)18-15-5-3-4-13(8-15)9-16-7-6-14-10-19-11-17-14/h3-5,8,10-12,16H,6-7,9H2,1-2H3. The molecular formula is C15H20N2OS. The molecule has 2 aromatic rings. The summed E-state index contributed by atoms with van der Waals surface area (Å²) in [5.74, 6) is 0.939. The number of rotatable bonds is 7.